The molecule has 1 heterocycles. The van der Waals surface area contributed by atoms with E-state index in [0.29, 0.717) is 15.2 Å². The van der Waals surface area contributed by atoms with Crippen molar-refractivity contribution in [1.82, 2.24) is 20.2 Å². The molecular formula is C18H15Br2N5O2S. The maximum Gasteiger partial charge on any atom is 0.250 e. The molecule has 0 saturated carbocycles. The van der Waals surface area contributed by atoms with Crippen molar-refractivity contribution >= 4 is 55.7 Å². The maximum absolute atomic E-state index is 12.0. The molecule has 2 N–H and O–H groups in total. The summed E-state index contributed by atoms with van der Waals surface area (Å²) in [4.78, 5) is 12.0. The van der Waals surface area contributed by atoms with Gasteiger partial charge in [-0.2, -0.15) is 5.10 Å². The third-order valence-corrected chi connectivity index (χ3v) is 5.73. The molecular weight excluding hydrogens is 510 g/mol. The topological polar surface area (TPSA) is 92.4 Å². The van der Waals surface area contributed by atoms with Gasteiger partial charge >= 0.3 is 0 Å². The number of halogens is 2. The summed E-state index contributed by atoms with van der Waals surface area (Å²) in [5.74, 6) is 0.617. The van der Waals surface area contributed by atoms with E-state index in [-0.39, 0.29) is 17.4 Å². The van der Waals surface area contributed by atoms with E-state index >= 15 is 0 Å². The van der Waals surface area contributed by atoms with Gasteiger partial charge in [0.05, 0.1) is 16.4 Å². The third kappa shape index (κ3) is 5.00. The van der Waals surface area contributed by atoms with Gasteiger partial charge < -0.3 is 9.67 Å². The van der Waals surface area contributed by atoms with Gasteiger partial charge in [-0.25, -0.2) is 5.43 Å². The summed E-state index contributed by atoms with van der Waals surface area (Å²) in [5, 5.41) is 22.8. The van der Waals surface area contributed by atoms with Crippen LogP contribution >= 0.6 is 43.6 Å². The number of rotatable bonds is 6. The Labute approximate surface area is 182 Å². The Morgan fingerprint density at radius 3 is 2.79 bits per heavy atom. The van der Waals surface area contributed by atoms with Crippen LogP contribution in [0.1, 0.15) is 5.56 Å². The van der Waals surface area contributed by atoms with Crippen molar-refractivity contribution in [3.63, 3.8) is 0 Å². The van der Waals surface area contributed by atoms with E-state index in [2.05, 4.69) is 52.6 Å². The maximum atomic E-state index is 12.0. The molecule has 1 aromatic heterocycles. The number of hydrogen-bond acceptors (Lipinski definition) is 6. The highest BCUT2D eigenvalue weighted by Crippen LogP contribution is 2.30. The summed E-state index contributed by atoms with van der Waals surface area (Å²) in [6.07, 6.45) is 1.38. The normalized spacial score (nSPS) is 11.1. The Hall–Kier alpha value is -2.17. The van der Waals surface area contributed by atoms with Crippen molar-refractivity contribution in [2.24, 2.45) is 12.1 Å². The number of nitrogens with zero attached hydrogens (tertiary/aromatic N) is 4. The van der Waals surface area contributed by atoms with E-state index in [1.54, 1.807) is 12.1 Å². The fourth-order valence-corrected chi connectivity index (χ4v) is 4.26. The summed E-state index contributed by atoms with van der Waals surface area (Å²) in [6, 6.07) is 13.1. The zero-order chi connectivity index (χ0) is 20.1. The Balaban J connectivity index is 1.58. The summed E-state index contributed by atoms with van der Waals surface area (Å²) in [7, 11) is 1.86. The molecule has 0 atom stereocenters. The SMILES string of the molecule is Cn1c(SCC(=O)N/N=C\c2cc(Br)cc(Br)c2O)nnc1-c1ccccc1. The first-order valence-electron chi connectivity index (χ1n) is 8.03. The number of aromatic hydroxyl groups is 1. The first-order valence-corrected chi connectivity index (χ1v) is 10.6. The Bertz CT molecular complexity index is 1020. The van der Waals surface area contributed by atoms with Crippen LogP contribution in [0.15, 0.2) is 61.7 Å². The molecule has 0 fully saturated rings. The number of phenols is 1. The lowest BCUT2D eigenvalue weighted by Crippen LogP contribution is -2.19. The minimum atomic E-state index is -0.293. The molecule has 3 aromatic rings. The molecule has 7 nitrogen and oxygen atoms in total. The Kier molecular flexibility index (Phi) is 6.87. The molecule has 0 radical (unpaired) electrons. The van der Waals surface area contributed by atoms with Crippen LogP contribution < -0.4 is 5.43 Å². The van der Waals surface area contributed by atoms with E-state index in [1.807, 2.05) is 41.9 Å². The molecule has 0 aliphatic carbocycles. The predicted octanol–water partition coefficient (Wildman–Crippen LogP) is 3.96. The third-order valence-electron chi connectivity index (χ3n) is 3.65. The highest BCUT2D eigenvalue weighted by Gasteiger charge is 2.12. The number of phenolic OH excluding ortho intramolecular Hbond substituents is 1. The molecule has 0 spiro atoms. The van der Waals surface area contributed by atoms with Crippen LogP contribution in [0.5, 0.6) is 5.75 Å². The number of carbonyl (C=O) groups is 1. The number of benzene rings is 2. The van der Waals surface area contributed by atoms with Crippen LogP contribution in [-0.4, -0.2) is 37.7 Å². The Morgan fingerprint density at radius 2 is 2.04 bits per heavy atom. The lowest BCUT2D eigenvalue weighted by molar-refractivity contribution is -0.118. The van der Waals surface area contributed by atoms with Gasteiger partial charge in [0.1, 0.15) is 5.75 Å². The van der Waals surface area contributed by atoms with Crippen molar-refractivity contribution in [3.05, 3.63) is 57.0 Å². The molecule has 10 heteroatoms. The standard InChI is InChI=1S/C18H15Br2N5O2S/c1-25-17(11-5-3-2-4-6-11)23-24-18(25)28-10-15(26)22-21-9-12-7-13(19)8-14(20)16(12)27/h2-9,27H,10H2,1H3,(H,22,26)/b21-9-. The highest BCUT2D eigenvalue weighted by molar-refractivity contribution is 9.11. The number of hydrazone groups is 1. The van der Waals surface area contributed by atoms with Crippen LogP contribution in [0, 0.1) is 0 Å². The molecule has 0 saturated heterocycles. The van der Waals surface area contributed by atoms with Gasteiger partial charge in [0.25, 0.3) is 5.91 Å². The quantitative estimate of drug-likeness (QED) is 0.289. The average Bonchev–Trinajstić information content (AvgIpc) is 3.05. The van der Waals surface area contributed by atoms with Crippen molar-refractivity contribution < 1.29 is 9.90 Å². The number of aromatic nitrogens is 3. The zero-order valence-electron chi connectivity index (χ0n) is 14.6. The van der Waals surface area contributed by atoms with E-state index < -0.39 is 0 Å². The zero-order valence-corrected chi connectivity index (χ0v) is 18.6. The molecule has 28 heavy (non-hydrogen) atoms. The van der Waals surface area contributed by atoms with Gasteiger partial charge in [0, 0.05) is 22.6 Å². The largest absolute Gasteiger partial charge is 0.506 e. The van der Waals surface area contributed by atoms with Crippen molar-refractivity contribution in [2.45, 2.75) is 5.16 Å². The van der Waals surface area contributed by atoms with Crippen molar-refractivity contribution in [3.8, 4) is 17.1 Å². The molecule has 0 aliphatic rings. The van der Waals surface area contributed by atoms with Gasteiger partial charge in [-0.05, 0) is 28.1 Å². The number of amides is 1. The number of hydrogen-bond donors (Lipinski definition) is 2. The molecule has 2 aromatic carbocycles. The van der Waals surface area contributed by atoms with Crippen LogP contribution in [0.2, 0.25) is 0 Å². The molecule has 144 valence electrons. The van der Waals surface area contributed by atoms with Crippen molar-refractivity contribution in [1.29, 1.82) is 0 Å². The fraction of sp³-hybridized carbons (Fsp3) is 0.111. The lowest BCUT2D eigenvalue weighted by atomic mass is 10.2. The summed E-state index contributed by atoms with van der Waals surface area (Å²) in [5.41, 5.74) is 3.86. The van der Waals surface area contributed by atoms with Crippen molar-refractivity contribution in [2.75, 3.05) is 5.75 Å². The molecule has 0 bridgehead atoms. The fourth-order valence-electron chi connectivity index (χ4n) is 2.30. The van der Waals surface area contributed by atoms with E-state index in [4.69, 9.17) is 0 Å². The summed E-state index contributed by atoms with van der Waals surface area (Å²) in [6.45, 7) is 0. The molecule has 0 unspecified atom stereocenters. The number of carbonyl (C=O) groups excluding carboxylic acids is 1. The lowest BCUT2D eigenvalue weighted by Gasteiger charge is -2.04. The van der Waals surface area contributed by atoms with Crippen LogP contribution in [0.4, 0.5) is 0 Å². The van der Waals surface area contributed by atoms with Gasteiger partial charge in [0.2, 0.25) is 0 Å². The summed E-state index contributed by atoms with van der Waals surface area (Å²) >= 11 is 7.85. The Morgan fingerprint density at radius 1 is 1.29 bits per heavy atom. The number of thioether (sulfide) groups is 1. The van der Waals surface area contributed by atoms with Gasteiger partial charge in [-0.3, -0.25) is 4.79 Å². The molecule has 3 rings (SSSR count). The smallest absolute Gasteiger partial charge is 0.250 e. The second-order valence-electron chi connectivity index (χ2n) is 5.64. The summed E-state index contributed by atoms with van der Waals surface area (Å²) < 4.78 is 3.15. The van der Waals surface area contributed by atoms with Gasteiger partial charge in [0.15, 0.2) is 11.0 Å². The monoisotopic (exact) mass is 523 g/mol. The van der Waals surface area contributed by atoms with Crippen LogP contribution in [-0.2, 0) is 11.8 Å². The first-order chi connectivity index (χ1) is 13.5. The predicted molar refractivity (Wildman–Crippen MR) is 116 cm³/mol. The van der Waals surface area contributed by atoms with E-state index in [0.717, 1.165) is 15.9 Å². The minimum Gasteiger partial charge on any atom is -0.506 e. The number of nitrogens with one attached hydrogen (secondary N) is 1. The van der Waals surface area contributed by atoms with E-state index in [9.17, 15) is 9.90 Å². The molecule has 0 aliphatic heterocycles. The minimum absolute atomic E-state index is 0.0445. The van der Waals surface area contributed by atoms with E-state index in [1.165, 1.54) is 18.0 Å². The van der Waals surface area contributed by atoms with Gasteiger partial charge in [-0.15, -0.1) is 10.2 Å². The van der Waals surface area contributed by atoms with Crippen LogP contribution in [0.3, 0.4) is 0 Å². The highest BCUT2D eigenvalue weighted by atomic mass is 79.9. The second-order valence-corrected chi connectivity index (χ2v) is 8.35. The first kappa shape index (κ1) is 20.6. The second kappa shape index (κ2) is 9.35. The molecule has 1 amide bonds. The average molecular weight is 525 g/mol. The van der Waals surface area contributed by atoms with Crippen LogP contribution in [0.25, 0.3) is 11.4 Å². The van der Waals surface area contributed by atoms with Gasteiger partial charge in [-0.1, -0.05) is 58.0 Å².